The normalized spacial score (nSPS) is 21.9. The van der Waals surface area contributed by atoms with Gasteiger partial charge in [0.05, 0.1) is 23.8 Å². The zero-order valence-electron chi connectivity index (χ0n) is 14.7. The maximum Gasteiger partial charge on any atom is 0.256 e. The number of aromatic nitrogens is 1. The molecule has 2 aromatic rings. The van der Waals surface area contributed by atoms with Crippen LogP contribution in [0.3, 0.4) is 0 Å². The lowest BCUT2D eigenvalue weighted by molar-refractivity contribution is 0.0379. The van der Waals surface area contributed by atoms with E-state index < -0.39 is 0 Å². The average molecular weight is 341 g/mol. The van der Waals surface area contributed by atoms with Crippen molar-refractivity contribution in [3.8, 4) is 0 Å². The molecular formula is C20H27N3O2. The molecule has 2 aliphatic rings. The Kier molecular flexibility index (Phi) is 5.04. The standard InChI is InChI=1S/C20H27N3O2/c24-20(18-6-4-5-16-7-9-21-19(16)18)23-12-8-17(15-23)25-14-13-22-10-2-1-3-11-22/h4-7,9,17,21H,1-3,8,10-15H2/t17-/m0/s1. The number of aromatic amines is 1. The molecular weight excluding hydrogens is 314 g/mol. The van der Waals surface area contributed by atoms with Crippen LogP contribution in [0.1, 0.15) is 36.0 Å². The third-order valence-corrected chi connectivity index (χ3v) is 5.46. The summed E-state index contributed by atoms with van der Waals surface area (Å²) in [5.74, 6) is 0.107. The second-order valence-electron chi connectivity index (χ2n) is 7.18. The van der Waals surface area contributed by atoms with Gasteiger partial charge in [-0.05, 0) is 44.5 Å². The van der Waals surface area contributed by atoms with E-state index >= 15 is 0 Å². The minimum atomic E-state index is 0.107. The number of rotatable bonds is 5. The maximum absolute atomic E-state index is 12.9. The monoisotopic (exact) mass is 341 g/mol. The lowest BCUT2D eigenvalue weighted by Gasteiger charge is -2.26. The van der Waals surface area contributed by atoms with Crippen LogP contribution in [-0.4, -0.2) is 66.1 Å². The number of para-hydroxylation sites is 1. The summed E-state index contributed by atoms with van der Waals surface area (Å²) in [5, 5.41) is 1.08. The SMILES string of the molecule is O=C(c1cccc2cc[nH]c12)N1CC[C@H](OCCN2CCCCC2)C1. The number of carbonyl (C=O) groups is 1. The summed E-state index contributed by atoms with van der Waals surface area (Å²) in [5.41, 5.74) is 1.69. The highest BCUT2D eigenvalue weighted by atomic mass is 16.5. The summed E-state index contributed by atoms with van der Waals surface area (Å²) < 4.78 is 6.05. The number of nitrogens with one attached hydrogen (secondary N) is 1. The summed E-state index contributed by atoms with van der Waals surface area (Å²) in [4.78, 5) is 20.5. The van der Waals surface area contributed by atoms with Gasteiger partial charge in [0.15, 0.2) is 0 Å². The van der Waals surface area contributed by atoms with Crippen molar-refractivity contribution in [1.29, 1.82) is 0 Å². The third kappa shape index (κ3) is 3.72. The van der Waals surface area contributed by atoms with E-state index in [9.17, 15) is 4.79 Å². The predicted molar refractivity (Wildman–Crippen MR) is 98.9 cm³/mol. The minimum Gasteiger partial charge on any atom is -0.375 e. The van der Waals surface area contributed by atoms with E-state index in [4.69, 9.17) is 4.74 Å². The number of carbonyl (C=O) groups excluding carboxylic acids is 1. The summed E-state index contributed by atoms with van der Waals surface area (Å²) >= 11 is 0. The van der Waals surface area contributed by atoms with Crippen LogP contribution in [0.15, 0.2) is 30.5 Å². The Balaban J connectivity index is 1.30. The van der Waals surface area contributed by atoms with Crippen molar-refractivity contribution >= 4 is 16.8 Å². The summed E-state index contributed by atoms with van der Waals surface area (Å²) in [7, 11) is 0. The molecule has 0 bridgehead atoms. The molecule has 1 aromatic carbocycles. The van der Waals surface area contributed by atoms with Gasteiger partial charge < -0.3 is 19.5 Å². The summed E-state index contributed by atoms with van der Waals surface area (Å²) in [6.45, 7) is 5.70. The van der Waals surface area contributed by atoms with Crippen molar-refractivity contribution in [2.45, 2.75) is 31.8 Å². The number of hydrogen-bond donors (Lipinski definition) is 1. The molecule has 5 nitrogen and oxygen atoms in total. The summed E-state index contributed by atoms with van der Waals surface area (Å²) in [6.07, 6.45) is 7.00. The number of H-pyrrole nitrogens is 1. The van der Waals surface area contributed by atoms with Crippen LogP contribution < -0.4 is 0 Å². The molecule has 0 unspecified atom stereocenters. The molecule has 0 aliphatic carbocycles. The van der Waals surface area contributed by atoms with Gasteiger partial charge in [-0.25, -0.2) is 0 Å². The number of ether oxygens (including phenoxy) is 1. The molecule has 134 valence electrons. The van der Waals surface area contributed by atoms with E-state index in [0.717, 1.165) is 42.6 Å². The van der Waals surface area contributed by atoms with Crippen LogP contribution >= 0.6 is 0 Å². The number of hydrogen-bond acceptors (Lipinski definition) is 3. The molecule has 4 rings (SSSR count). The van der Waals surface area contributed by atoms with Crippen molar-refractivity contribution in [2.75, 3.05) is 39.3 Å². The van der Waals surface area contributed by atoms with Crippen molar-refractivity contribution in [3.05, 3.63) is 36.0 Å². The Morgan fingerprint density at radius 3 is 2.92 bits per heavy atom. The molecule has 0 saturated carbocycles. The number of piperidine rings is 1. The van der Waals surface area contributed by atoms with E-state index in [0.29, 0.717) is 6.54 Å². The van der Waals surface area contributed by atoms with Gasteiger partial charge in [-0.1, -0.05) is 18.6 Å². The Morgan fingerprint density at radius 2 is 2.04 bits per heavy atom. The zero-order chi connectivity index (χ0) is 17.1. The molecule has 3 heterocycles. The number of fused-ring (bicyclic) bond motifs is 1. The first-order valence-electron chi connectivity index (χ1n) is 9.50. The molecule has 2 saturated heterocycles. The van der Waals surface area contributed by atoms with Crippen molar-refractivity contribution in [3.63, 3.8) is 0 Å². The lowest BCUT2D eigenvalue weighted by atomic mass is 10.1. The van der Waals surface area contributed by atoms with E-state index in [2.05, 4.69) is 9.88 Å². The quantitative estimate of drug-likeness (QED) is 0.910. The molecule has 2 fully saturated rings. The number of amides is 1. The topological polar surface area (TPSA) is 48.6 Å². The van der Waals surface area contributed by atoms with Crippen LogP contribution in [0, 0.1) is 0 Å². The molecule has 0 radical (unpaired) electrons. The van der Waals surface area contributed by atoms with E-state index in [1.165, 1.54) is 32.4 Å². The van der Waals surface area contributed by atoms with Crippen molar-refractivity contribution in [2.24, 2.45) is 0 Å². The molecule has 1 amide bonds. The highest BCUT2D eigenvalue weighted by Crippen LogP contribution is 2.22. The van der Waals surface area contributed by atoms with Crippen molar-refractivity contribution < 1.29 is 9.53 Å². The molecule has 0 spiro atoms. The first-order valence-corrected chi connectivity index (χ1v) is 9.50. The zero-order valence-corrected chi connectivity index (χ0v) is 14.7. The van der Waals surface area contributed by atoms with E-state index in [-0.39, 0.29) is 12.0 Å². The highest BCUT2D eigenvalue weighted by molar-refractivity contribution is 6.05. The average Bonchev–Trinajstić information content (AvgIpc) is 3.31. The van der Waals surface area contributed by atoms with Gasteiger partial charge in [0.2, 0.25) is 0 Å². The van der Waals surface area contributed by atoms with Gasteiger partial charge >= 0.3 is 0 Å². The smallest absolute Gasteiger partial charge is 0.256 e. The fraction of sp³-hybridized carbons (Fsp3) is 0.550. The van der Waals surface area contributed by atoms with Gasteiger partial charge in [0.25, 0.3) is 5.91 Å². The Morgan fingerprint density at radius 1 is 1.16 bits per heavy atom. The number of nitrogens with zero attached hydrogens (tertiary/aromatic N) is 2. The van der Waals surface area contributed by atoms with Gasteiger partial charge in [-0.2, -0.15) is 0 Å². The van der Waals surface area contributed by atoms with Crippen molar-refractivity contribution in [1.82, 2.24) is 14.8 Å². The molecule has 1 aromatic heterocycles. The van der Waals surface area contributed by atoms with E-state index in [1.54, 1.807) is 0 Å². The maximum atomic E-state index is 12.9. The van der Waals surface area contributed by atoms with Gasteiger partial charge in [-0.3, -0.25) is 4.79 Å². The second-order valence-corrected chi connectivity index (χ2v) is 7.18. The molecule has 1 atom stereocenters. The molecule has 25 heavy (non-hydrogen) atoms. The summed E-state index contributed by atoms with van der Waals surface area (Å²) in [6, 6.07) is 7.89. The van der Waals surface area contributed by atoms with Crippen LogP contribution in [0.4, 0.5) is 0 Å². The largest absolute Gasteiger partial charge is 0.375 e. The van der Waals surface area contributed by atoms with Crippen LogP contribution in [0.5, 0.6) is 0 Å². The fourth-order valence-corrected chi connectivity index (χ4v) is 4.01. The van der Waals surface area contributed by atoms with Gasteiger partial charge in [0, 0.05) is 31.2 Å². The highest BCUT2D eigenvalue weighted by Gasteiger charge is 2.28. The van der Waals surface area contributed by atoms with Gasteiger partial charge in [-0.15, -0.1) is 0 Å². The Bertz CT molecular complexity index is 721. The molecule has 1 N–H and O–H groups in total. The third-order valence-electron chi connectivity index (χ3n) is 5.46. The second kappa shape index (κ2) is 7.58. The van der Waals surface area contributed by atoms with Crippen LogP contribution in [0.25, 0.3) is 10.9 Å². The first kappa shape index (κ1) is 16.6. The fourth-order valence-electron chi connectivity index (χ4n) is 4.01. The van der Waals surface area contributed by atoms with Crippen LogP contribution in [0.2, 0.25) is 0 Å². The lowest BCUT2D eigenvalue weighted by Crippen LogP contribution is -2.34. The first-order chi connectivity index (χ1) is 12.3. The van der Waals surface area contributed by atoms with E-state index in [1.807, 2.05) is 35.4 Å². The predicted octanol–water partition coefficient (Wildman–Crippen LogP) is 2.88. The Hall–Kier alpha value is -1.85. The Labute approximate surface area is 148 Å². The molecule has 2 aliphatic heterocycles. The number of benzene rings is 1. The number of likely N-dealkylation sites (tertiary alicyclic amines) is 2. The van der Waals surface area contributed by atoms with Crippen LogP contribution in [-0.2, 0) is 4.74 Å². The molecule has 5 heteroatoms. The van der Waals surface area contributed by atoms with Gasteiger partial charge in [0.1, 0.15) is 0 Å². The minimum absolute atomic E-state index is 0.107.